The summed E-state index contributed by atoms with van der Waals surface area (Å²) in [6.45, 7) is 15.4. The van der Waals surface area contributed by atoms with Gasteiger partial charge in [-0.15, -0.1) is 0 Å². The van der Waals surface area contributed by atoms with Crippen molar-refractivity contribution in [2.75, 3.05) is 11.5 Å². The Morgan fingerprint density at radius 1 is 0.429 bits per heavy atom. The van der Waals surface area contributed by atoms with Crippen molar-refractivity contribution in [3.05, 3.63) is 307 Å². The molecule has 12 aromatic rings. The monoisotopic (exact) mass is 1090 g/mol. The third kappa shape index (κ3) is 10.3. The molecule has 1 heterocycles. The first kappa shape index (κ1) is 53.6. The third-order valence-corrected chi connectivity index (χ3v) is 17.4. The second-order valence-electron chi connectivity index (χ2n) is 23.6. The molecule has 1 atom stereocenters. The molecule has 0 bridgehead atoms. The Bertz CT molecular complexity index is 4300. The van der Waals surface area contributed by atoms with Crippen molar-refractivity contribution < 1.29 is 4.74 Å². The van der Waals surface area contributed by atoms with E-state index in [4.69, 9.17) is 4.74 Å². The Morgan fingerprint density at radius 2 is 0.905 bits per heavy atom. The minimum atomic E-state index is -0.343. The SMILES string of the molecule is C=Cc1ccc(OCCCCCCC2(c3ccccc3)c3ccccc3-c3ccc(N(c4ccc(-c5ccc(C(C)(C)C)cc5)cc4)c4ccc(-c5ccc6c(c5)c5cc(-c7ccc(C=C)cc7)ccc5n6-c5ccccc5)cc4)cc32)cc1. The number of aromatic nitrogens is 1. The minimum absolute atomic E-state index is 0.0850. The van der Waals surface area contributed by atoms with E-state index in [1.807, 2.05) is 24.3 Å². The van der Waals surface area contributed by atoms with E-state index in [0.717, 1.165) is 77.3 Å². The third-order valence-electron chi connectivity index (χ3n) is 17.4. The van der Waals surface area contributed by atoms with Gasteiger partial charge in [-0.3, -0.25) is 0 Å². The molecule has 1 aliphatic rings. The van der Waals surface area contributed by atoms with E-state index in [2.05, 4.69) is 292 Å². The lowest BCUT2D eigenvalue weighted by Crippen LogP contribution is -2.27. The van der Waals surface area contributed by atoms with Gasteiger partial charge < -0.3 is 14.2 Å². The topological polar surface area (TPSA) is 17.4 Å². The molecule has 410 valence electrons. The maximum Gasteiger partial charge on any atom is 0.119 e. The molecule has 0 saturated heterocycles. The molecule has 1 unspecified atom stereocenters. The maximum absolute atomic E-state index is 6.17. The van der Waals surface area contributed by atoms with Gasteiger partial charge in [-0.05, 0) is 181 Å². The molecule has 1 aliphatic carbocycles. The molecule has 11 aromatic carbocycles. The Labute approximate surface area is 496 Å². The molecular formula is C81H70N2O. The standard InChI is InChI=1S/C81H70N2O/c1-6-57-26-30-61(31-27-57)63-38-50-78-74(54-63)75-55-64(39-51-79(75)83(78)67-22-14-11-15-23-67)62-36-44-69(45-37-62)82(68-42-34-60(35-43-68)59-32-40-65(41-33-59)80(3,4)5)70-46-49-73-72-24-16-17-25-76(72)81(77(73)56-70,66-20-12-10-13-21-66)52-18-8-9-19-53-84-71-47-28-58(7-2)29-48-71/h6-7,10-17,20-51,54-56H,1-2,8-9,18-19,52-53H2,3-5H3. The summed E-state index contributed by atoms with van der Waals surface area (Å²) in [7, 11) is 0. The molecule has 3 nitrogen and oxygen atoms in total. The number of para-hydroxylation sites is 1. The number of benzene rings is 11. The molecule has 84 heavy (non-hydrogen) atoms. The van der Waals surface area contributed by atoms with Crippen LogP contribution < -0.4 is 9.64 Å². The van der Waals surface area contributed by atoms with Crippen molar-refractivity contribution in [2.45, 2.75) is 63.7 Å². The van der Waals surface area contributed by atoms with Gasteiger partial charge in [0.2, 0.25) is 0 Å². The summed E-state index contributed by atoms with van der Waals surface area (Å²) in [5, 5.41) is 2.44. The summed E-state index contributed by atoms with van der Waals surface area (Å²) in [6.07, 6.45) is 9.05. The number of ether oxygens (including phenoxy) is 1. The minimum Gasteiger partial charge on any atom is -0.494 e. The smallest absolute Gasteiger partial charge is 0.119 e. The molecule has 3 heteroatoms. The summed E-state index contributed by atoms with van der Waals surface area (Å²) in [6, 6.07) is 96.6. The van der Waals surface area contributed by atoms with Gasteiger partial charge in [-0.1, -0.05) is 241 Å². The Kier molecular flexibility index (Phi) is 14.6. The van der Waals surface area contributed by atoms with Gasteiger partial charge >= 0.3 is 0 Å². The summed E-state index contributed by atoms with van der Waals surface area (Å²) < 4.78 is 8.57. The number of fused-ring (bicyclic) bond motifs is 6. The first-order chi connectivity index (χ1) is 41.2. The van der Waals surface area contributed by atoms with Crippen molar-refractivity contribution in [3.63, 3.8) is 0 Å². The van der Waals surface area contributed by atoms with Crippen LogP contribution in [0.15, 0.2) is 274 Å². The van der Waals surface area contributed by atoms with E-state index in [0.29, 0.717) is 6.61 Å². The lowest BCUT2D eigenvalue weighted by Gasteiger charge is -2.34. The number of hydrogen-bond acceptors (Lipinski definition) is 2. The maximum atomic E-state index is 6.17. The second kappa shape index (κ2) is 22.9. The second-order valence-corrected chi connectivity index (χ2v) is 23.6. The average molecular weight is 1090 g/mol. The molecule has 1 aromatic heterocycles. The molecule has 0 amide bonds. The van der Waals surface area contributed by atoms with Crippen LogP contribution in [0.2, 0.25) is 0 Å². The van der Waals surface area contributed by atoms with Gasteiger partial charge in [-0.25, -0.2) is 0 Å². The lowest BCUT2D eigenvalue weighted by molar-refractivity contribution is 0.303. The summed E-state index contributed by atoms with van der Waals surface area (Å²) >= 11 is 0. The highest BCUT2D eigenvalue weighted by Gasteiger charge is 2.44. The summed E-state index contributed by atoms with van der Waals surface area (Å²) in [5.74, 6) is 0.910. The van der Waals surface area contributed by atoms with Gasteiger partial charge in [0.25, 0.3) is 0 Å². The predicted octanol–water partition coefficient (Wildman–Crippen LogP) is 22.2. The number of anilines is 3. The fourth-order valence-electron chi connectivity index (χ4n) is 12.9. The van der Waals surface area contributed by atoms with Gasteiger partial charge in [0.1, 0.15) is 5.75 Å². The predicted molar refractivity (Wildman–Crippen MR) is 357 cm³/mol. The van der Waals surface area contributed by atoms with E-state index in [9.17, 15) is 0 Å². The zero-order chi connectivity index (χ0) is 57.2. The van der Waals surface area contributed by atoms with Crippen molar-refractivity contribution in [2.24, 2.45) is 0 Å². The fraction of sp³-hybridized carbons (Fsp3) is 0.136. The van der Waals surface area contributed by atoms with Crippen LogP contribution >= 0.6 is 0 Å². The molecule has 13 rings (SSSR count). The first-order valence-electron chi connectivity index (χ1n) is 29.8. The largest absolute Gasteiger partial charge is 0.494 e. The highest BCUT2D eigenvalue weighted by atomic mass is 16.5. The van der Waals surface area contributed by atoms with E-state index in [1.54, 1.807) is 0 Å². The van der Waals surface area contributed by atoms with Crippen molar-refractivity contribution in [1.82, 2.24) is 4.57 Å². The molecule has 0 aliphatic heterocycles. The van der Waals surface area contributed by atoms with Crippen LogP contribution in [-0.4, -0.2) is 11.2 Å². The number of unbranched alkanes of at least 4 members (excludes halogenated alkanes) is 3. The van der Waals surface area contributed by atoms with Crippen molar-refractivity contribution >= 4 is 51.0 Å². The quantitative estimate of drug-likeness (QED) is 0.0797. The van der Waals surface area contributed by atoms with Gasteiger partial charge in [-0.2, -0.15) is 0 Å². The van der Waals surface area contributed by atoms with Crippen LogP contribution in [0.5, 0.6) is 5.75 Å². The van der Waals surface area contributed by atoms with Crippen LogP contribution in [-0.2, 0) is 10.8 Å². The Hall–Kier alpha value is -9.70. The molecule has 0 saturated carbocycles. The molecular weight excluding hydrogens is 1020 g/mol. The molecule has 0 N–H and O–H groups in total. The lowest BCUT2D eigenvalue weighted by atomic mass is 9.69. The van der Waals surface area contributed by atoms with Gasteiger partial charge in [0.05, 0.1) is 17.6 Å². The van der Waals surface area contributed by atoms with Crippen LogP contribution in [0.4, 0.5) is 17.1 Å². The zero-order valence-corrected chi connectivity index (χ0v) is 48.4. The summed E-state index contributed by atoms with van der Waals surface area (Å²) in [4.78, 5) is 2.46. The van der Waals surface area contributed by atoms with Crippen LogP contribution in [0.1, 0.15) is 86.3 Å². The average Bonchev–Trinajstić information content (AvgIpc) is 2.11. The first-order valence-corrected chi connectivity index (χ1v) is 29.8. The van der Waals surface area contributed by atoms with Crippen LogP contribution in [0.25, 0.3) is 84.2 Å². The molecule has 0 fully saturated rings. The van der Waals surface area contributed by atoms with Crippen molar-refractivity contribution in [1.29, 1.82) is 0 Å². The Morgan fingerprint density at radius 3 is 1.49 bits per heavy atom. The van der Waals surface area contributed by atoms with Crippen LogP contribution in [0, 0.1) is 0 Å². The summed E-state index contributed by atoms with van der Waals surface area (Å²) in [5.41, 5.74) is 23.9. The number of nitrogens with zero attached hydrogens (tertiary/aromatic N) is 2. The Balaban J connectivity index is 0.880. The van der Waals surface area contributed by atoms with Crippen molar-refractivity contribution in [3.8, 4) is 55.9 Å². The highest BCUT2D eigenvalue weighted by molar-refractivity contribution is 6.11. The number of hydrogen-bond donors (Lipinski definition) is 0. The van der Waals surface area contributed by atoms with Gasteiger partial charge in [0, 0.05) is 38.9 Å². The normalized spacial score (nSPS) is 13.6. The zero-order valence-electron chi connectivity index (χ0n) is 48.4. The fourth-order valence-corrected chi connectivity index (χ4v) is 12.9. The van der Waals surface area contributed by atoms with E-state index >= 15 is 0 Å². The highest BCUT2D eigenvalue weighted by Crippen LogP contribution is 2.56. The van der Waals surface area contributed by atoms with E-state index in [1.165, 1.54) is 83.0 Å². The van der Waals surface area contributed by atoms with E-state index in [-0.39, 0.29) is 10.8 Å². The molecule has 0 spiro atoms. The number of rotatable bonds is 18. The van der Waals surface area contributed by atoms with Gasteiger partial charge in [0.15, 0.2) is 0 Å². The van der Waals surface area contributed by atoms with E-state index < -0.39 is 0 Å². The molecule has 0 radical (unpaired) electrons. The van der Waals surface area contributed by atoms with Crippen LogP contribution in [0.3, 0.4) is 0 Å².